The second kappa shape index (κ2) is 5.57. The highest BCUT2D eigenvalue weighted by Gasteiger charge is 2.16. The van der Waals surface area contributed by atoms with Gasteiger partial charge in [-0.3, -0.25) is 4.79 Å². The summed E-state index contributed by atoms with van der Waals surface area (Å²) in [6.45, 7) is 0. The monoisotopic (exact) mass is 304 g/mol. The Morgan fingerprint density at radius 1 is 1.05 bits per heavy atom. The first-order valence-electron chi connectivity index (χ1n) is 6.23. The lowest BCUT2D eigenvalue weighted by Crippen LogP contribution is -2.27. The van der Waals surface area contributed by atoms with Crippen LogP contribution in [0.5, 0.6) is 0 Å². The zero-order valence-corrected chi connectivity index (χ0v) is 12.6. The second-order valence-corrected chi connectivity index (χ2v) is 6.74. The van der Waals surface area contributed by atoms with Gasteiger partial charge in [0.2, 0.25) is 0 Å². The molecular formula is C15H16N2O3S. The average molecular weight is 304 g/mol. The quantitative estimate of drug-likeness (QED) is 0.879. The van der Waals surface area contributed by atoms with Crippen molar-refractivity contribution in [1.29, 1.82) is 0 Å². The first-order valence-corrected chi connectivity index (χ1v) is 8.12. The Balaban J connectivity index is 2.30. The van der Waals surface area contributed by atoms with Crippen molar-refractivity contribution < 1.29 is 13.2 Å². The van der Waals surface area contributed by atoms with Gasteiger partial charge in [-0.1, -0.05) is 12.1 Å². The summed E-state index contributed by atoms with van der Waals surface area (Å²) < 4.78 is 22.8. The van der Waals surface area contributed by atoms with Crippen molar-refractivity contribution in [2.24, 2.45) is 0 Å². The van der Waals surface area contributed by atoms with Crippen molar-refractivity contribution >= 4 is 27.1 Å². The molecule has 0 saturated carbocycles. The fraction of sp³-hybridized carbons (Fsp3) is 0.133. The van der Waals surface area contributed by atoms with E-state index < -0.39 is 9.84 Å². The molecular weight excluding hydrogens is 288 g/mol. The molecule has 0 aliphatic heterocycles. The number of benzene rings is 2. The van der Waals surface area contributed by atoms with E-state index in [-0.39, 0.29) is 10.8 Å². The van der Waals surface area contributed by atoms with Crippen molar-refractivity contribution in [2.75, 3.05) is 23.9 Å². The molecule has 21 heavy (non-hydrogen) atoms. The summed E-state index contributed by atoms with van der Waals surface area (Å²) in [5.74, 6) is -0.257. The number of carbonyl (C=O) groups excluding carboxylic acids is 1. The van der Waals surface area contributed by atoms with E-state index in [0.29, 0.717) is 16.9 Å². The Morgan fingerprint density at radius 2 is 1.62 bits per heavy atom. The number of sulfone groups is 1. The Bertz CT molecular complexity index is 768. The molecule has 5 nitrogen and oxygen atoms in total. The van der Waals surface area contributed by atoms with Gasteiger partial charge in [0.15, 0.2) is 9.84 Å². The number of amides is 1. The maximum Gasteiger partial charge on any atom is 0.258 e. The molecule has 0 aromatic heterocycles. The van der Waals surface area contributed by atoms with E-state index in [1.54, 1.807) is 31.3 Å². The van der Waals surface area contributed by atoms with E-state index >= 15 is 0 Å². The highest BCUT2D eigenvalue weighted by atomic mass is 32.2. The van der Waals surface area contributed by atoms with E-state index in [1.807, 2.05) is 0 Å². The number of hydrogen-bond donors (Lipinski definition) is 1. The summed E-state index contributed by atoms with van der Waals surface area (Å²) in [6.07, 6.45) is 1.13. The van der Waals surface area contributed by atoms with Gasteiger partial charge in [-0.05, 0) is 36.4 Å². The van der Waals surface area contributed by atoms with Crippen LogP contribution in [0.15, 0.2) is 53.4 Å². The van der Waals surface area contributed by atoms with Crippen LogP contribution < -0.4 is 10.6 Å². The minimum atomic E-state index is -3.27. The number of anilines is 2. The van der Waals surface area contributed by atoms with Crippen molar-refractivity contribution in [3.05, 3.63) is 54.1 Å². The van der Waals surface area contributed by atoms with Crippen LogP contribution in [0, 0.1) is 0 Å². The number of nitrogen functional groups attached to an aromatic ring is 1. The Hall–Kier alpha value is -2.34. The fourth-order valence-electron chi connectivity index (χ4n) is 1.94. The number of nitrogens with two attached hydrogens (primary N) is 1. The third-order valence-corrected chi connectivity index (χ3v) is 4.26. The van der Waals surface area contributed by atoms with Crippen LogP contribution in [0.2, 0.25) is 0 Å². The van der Waals surface area contributed by atoms with E-state index in [2.05, 4.69) is 0 Å². The molecule has 1 amide bonds. The van der Waals surface area contributed by atoms with Crippen LogP contribution in [-0.4, -0.2) is 27.6 Å². The maximum atomic E-state index is 12.4. The molecule has 0 atom stereocenters. The van der Waals surface area contributed by atoms with Gasteiger partial charge >= 0.3 is 0 Å². The van der Waals surface area contributed by atoms with Crippen LogP contribution >= 0.6 is 0 Å². The molecule has 0 spiro atoms. The first kappa shape index (κ1) is 15.1. The average Bonchev–Trinajstić information content (AvgIpc) is 2.45. The van der Waals surface area contributed by atoms with Gasteiger partial charge in [0.25, 0.3) is 5.91 Å². The number of nitrogens with zero attached hydrogens (tertiary/aromatic N) is 1. The lowest BCUT2D eigenvalue weighted by atomic mass is 10.2. The summed E-state index contributed by atoms with van der Waals surface area (Å²) >= 11 is 0. The maximum absolute atomic E-state index is 12.4. The third kappa shape index (κ3) is 3.22. The molecule has 6 heteroatoms. The van der Waals surface area contributed by atoms with Gasteiger partial charge < -0.3 is 10.6 Å². The Kier molecular flexibility index (Phi) is 3.99. The highest BCUT2D eigenvalue weighted by Crippen LogP contribution is 2.23. The zero-order chi connectivity index (χ0) is 15.6. The van der Waals surface area contributed by atoms with Gasteiger partial charge in [0.1, 0.15) is 0 Å². The van der Waals surface area contributed by atoms with Gasteiger partial charge in [-0.15, -0.1) is 0 Å². The van der Waals surface area contributed by atoms with Crippen LogP contribution in [0.3, 0.4) is 0 Å². The predicted octanol–water partition coefficient (Wildman–Crippen LogP) is 1.95. The summed E-state index contributed by atoms with van der Waals surface area (Å²) in [4.78, 5) is 14.0. The number of para-hydroxylation sites is 2. The summed E-state index contributed by atoms with van der Waals surface area (Å²) in [5.41, 5.74) is 7.35. The van der Waals surface area contributed by atoms with Crippen LogP contribution in [0.1, 0.15) is 10.4 Å². The van der Waals surface area contributed by atoms with E-state index in [4.69, 9.17) is 5.73 Å². The topological polar surface area (TPSA) is 80.5 Å². The zero-order valence-electron chi connectivity index (χ0n) is 11.8. The largest absolute Gasteiger partial charge is 0.397 e. The second-order valence-electron chi connectivity index (χ2n) is 4.72. The summed E-state index contributed by atoms with van der Waals surface area (Å²) in [5, 5.41) is 0. The molecule has 2 N–H and O–H groups in total. The fourth-order valence-corrected chi connectivity index (χ4v) is 2.57. The number of carbonyl (C=O) groups is 1. The molecule has 0 unspecified atom stereocenters. The minimum Gasteiger partial charge on any atom is -0.397 e. The minimum absolute atomic E-state index is 0.181. The predicted molar refractivity (Wildman–Crippen MR) is 83.1 cm³/mol. The normalized spacial score (nSPS) is 11.1. The molecule has 2 aromatic rings. The molecule has 0 saturated heterocycles. The van der Waals surface area contributed by atoms with Gasteiger partial charge in [0, 0.05) is 18.9 Å². The van der Waals surface area contributed by atoms with E-state index in [0.717, 1.165) is 6.26 Å². The molecule has 0 bridgehead atoms. The lowest BCUT2D eigenvalue weighted by Gasteiger charge is -2.19. The molecule has 0 radical (unpaired) electrons. The number of rotatable bonds is 3. The number of hydrogen-bond acceptors (Lipinski definition) is 4. The molecule has 0 heterocycles. The van der Waals surface area contributed by atoms with Crippen molar-refractivity contribution in [3.8, 4) is 0 Å². The highest BCUT2D eigenvalue weighted by molar-refractivity contribution is 7.90. The Morgan fingerprint density at radius 3 is 2.14 bits per heavy atom. The van der Waals surface area contributed by atoms with Crippen molar-refractivity contribution in [3.63, 3.8) is 0 Å². The van der Waals surface area contributed by atoms with Gasteiger partial charge in [-0.25, -0.2) is 8.42 Å². The van der Waals surface area contributed by atoms with Gasteiger partial charge in [0.05, 0.1) is 16.3 Å². The van der Waals surface area contributed by atoms with Gasteiger partial charge in [-0.2, -0.15) is 0 Å². The summed E-state index contributed by atoms with van der Waals surface area (Å²) in [6, 6.07) is 12.9. The van der Waals surface area contributed by atoms with E-state index in [9.17, 15) is 13.2 Å². The summed E-state index contributed by atoms with van der Waals surface area (Å²) in [7, 11) is -1.65. The van der Waals surface area contributed by atoms with Crippen LogP contribution in [0.25, 0.3) is 0 Å². The molecule has 0 aliphatic carbocycles. The van der Waals surface area contributed by atoms with Crippen molar-refractivity contribution in [2.45, 2.75) is 4.90 Å². The SMILES string of the molecule is CN(C(=O)c1ccc(S(C)(=O)=O)cc1)c1ccccc1N. The third-order valence-electron chi connectivity index (χ3n) is 3.13. The molecule has 0 aliphatic rings. The smallest absolute Gasteiger partial charge is 0.258 e. The Labute approximate surface area is 123 Å². The lowest BCUT2D eigenvalue weighted by molar-refractivity contribution is 0.0993. The molecule has 2 rings (SSSR count). The van der Waals surface area contributed by atoms with Crippen molar-refractivity contribution in [1.82, 2.24) is 0 Å². The van der Waals surface area contributed by atoms with Crippen LogP contribution in [0.4, 0.5) is 11.4 Å². The van der Waals surface area contributed by atoms with Crippen LogP contribution in [-0.2, 0) is 9.84 Å². The molecule has 2 aromatic carbocycles. The van der Waals surface area contributed by atoms with E-state index in [1.165, 1.54) is 29.2 Å². The molecule has 0 fully saturated rings. The standard InChI is InChI=1S/C15H16N2O3S/c1-17(14-6-4-3-5-13(14)16)15(18)11-7-9-12(10-8-11)21(2,19)20/h3-10H,16H2,1-2H3. The first-order chi connectivity index (χ1) is 9.80. The molecule has 110 valence electrons.